The first-order valence-electron chi connectivity index (χ1n) is 10.4. The molecule has 4 aliphatic rings. The molecule has 1 aromatic carbocycles. The molecule has 0 unspecified atom stereocenters. The van der Waals surface area contributed by atoms with Crippen LogP contribution in [-0.4, -0.2) is 10.9 Å². The molecule has 4 saturated carbocycles. The number of hydrogen-bond acceptors (Lipinski definition) is 2. The second kappa shape index (κ2) is 6.78. The molecular formula is C24H28N2O. The SMILES string of the molecule is O=C(CC12CC3CC(CC(C3)C1)C2)Nc1ccc(Cc2ccncc2)cc1. The molecule has 1 amide bonds. The number of carbonyl (C=O) groups is 1. The van der Waals surface area contributed by atoms with Crippen molar-refractivity contribution in [2.75, 3.05) is 5.32 Å². The van der Waals surface area contributed by atoms with Gasteiger partial charge in [0.2, 0.25) is 5.91 Å². The molecule has 0 atom stereocenters. The van der Waals surface area contributed by atoms with Crippen LogP contribution in [0.1, 0.15) is 56.1 Å². The minimum Gasteiger partial charge on any atom is -0.326 e. The molecule has 4 bridgehead atoms. The molecule has 0 aliphatic heterocycles. The third kappa shape index (κ3) is 3.65. The molecule has 3 nitrogen and oxygen atoms in total. The van der Waals surface area contributed by atoms with E-state index in [9.17, 15) is 4.79 Å². The first-order chi connectivity index (χ1) is 13.2. The summed E-state index contributed by atoms with van der Waals surface area (Å²) in [6, 6.07) is 12.4. The Morgan fingerprint density at radius 3 is 2.04 bits per heavy atom. The van der Waals surface area contributed by atoms with Crippen molar-refractivity contribution >= 4 is 11.6 Å². The van der Waals surface area contributed by atoms with E-state index in [-0.39, 0.29) is 5.91 Å². The van der Waals surface area contributed by atoms with Gasteiger partial charge < -0.3 is 5.32 Å². The lowest BCUT2D eigenvalue weighted by atomic mass is 9.49. The van der Waals surface area contributed by atoms with Crippen LogP contribution >= 0.6 is 0 Å². The fraction of sp³-hybridized carbons (Fsp3) is 0.500. The van der Waals surface area contributed by atoms with Gasteiger partial charge in [0.1, 0.15) is 0 Å². The quantitative estimate of drug-likeness (QED) is 0.794. The number of nitrogens with zero attached hydrogens (tertiary/aromatic N) is 1. The highest BCUT2D eigenvalue weighted by Gasteiger charge is 2.51. The maximum Gasteiger partial charge on any atom is 0.224 e. The van der Waals surface area contributed by atoms with Gasteiger partial charge in [-0.2, -0.15) is 0 Å². The van der Waals surface area contributed by atoms with Crippen LogP contribution in [0.3, 0.4) is 0 Å². The van der Waals surface area contributed by atoms with Crippen LogP contribution in [0.4, 0.5) is 5.69 Å². The Kier molecular flexibility index (Phi) is 4.26. The van der Waals surface area contributed by atoms with E-state index in [4.69, 9.17) is 0 Å². The van der Waals surface area contributed by atoms with E-state index in [0.717, 1.165) is 36.3 Å². The average molecular weight is 361 g/mol. The monoisotopic (exact) mass is 360 g/mol. The summed E-state index contributed by atoms with van der Waals surface area (Å²) < 4.78 is 0. The average Bonchev–Trinajstić information content (AvgIpc) is 2.62. The van der Waals surface area contributed by atoms with E-state index >= 15 is 0 Å². The lowest BCUT2D eigenvalue weighted by Crippen LogP contribution is -2.47. The summed E-state index contributed by atoms with van der Waals surface area (Å²) in [4.78, 5) is 16.8. The van der Waals surface area contributed by atoms with Gasteiger partial charge in [-0.25, -0.2) is 0 Å². The highest BCUT2D eigenvalue weighted by atomic mass is 16.1. The third-order valence-corrected chi connectivity index (χ3v) is 7.10. The highest BCUT2D eigenvalue weighted by Crippen LogP contribution is 2.61. The van der Waals surface area contributed by atoms with Crippen LogP contribution in [0, 0.1) is 23.2 Å². The molecule has 2 aromatic rings. The zero-order chi connectivity index (χ0) is 18.3. The van der Waals surface area contributed by atoms with Gasteiger partial charge in [-0.05, 0) is 104 Å². The third-order valence-electron chi connectivity index (χ3n) is 7.10. The molecular weight excluding hydrogens is 332 g/mol. The molecule has 1 aromatic heterocycles. The standard InChI is InChI=1S/C24H28N2O/c27-23(16-24-13-19-10-20(14-24)12-21(11-19)15-24)26-22-3-1-17(2-4-22)9-18-5-7-25-8-6-18/h1-8,19-21H,9-16H2,(H,26,27). The second-order valence-electron chi connectivity index (χ2n) is 9.37. The second-order valence-corrected chi connectivity index (χ2v) is 9.37. The smallest absolute Gasteiger partial charge is 0.224 e. The van der Waals surface area contributed by atoms with E-state index in [1.165, 1.54) is 49.7 Å². The Bertz CT molecular complexity index is 777. The Morgan fingerprint density at radius 1 is 0.889 bits per heavy atom. The molecule has 140 valence electrons. The molecule has 1 heterocycles. The maximum atomic E-state index is 12.8. The number of amides is 1. The topological polar surface area (TPSA) is 42.0 Å². The highest BCUT2D eigenvalue weighted by molar-refractivity contribution is 5.91. The van der Waals surface area contributed by atoms with Crippen LogP contribution in [0.2, 0.25) is 0 Å². The zero-order valence-electron chi connectivity index (χ0n) is 15.9. The van der Waals surface area contributed by atoms with E-state index in [1.54, 1.807) is 0 Å². The van der Waals surface area contributed by atoms with Gasteiger partial charge in [-0.3, -0.25) is 9.78 Å². The molecule has 1 N–H and O–H groups in total. The Labute approximate surface area is 161 Å². The summed E-state index contributed by atoms with van der Waals surface area (Å²) in [6.45, 7) is 0. The predicted octanol–water partition coefficient (Wildman–Crippen LogP) is 5.22. The van der Waals surface area contributed by atoms with Crippen molar-refractivity contribution < 1.29 is 4.79 Å². The summed E-state index contributed by atoms with van der Waals surface area (Å²) >= 11 is 0. The largest absolute Gasteiger partial charge is 0.326 e. The number of benzene rings is 1. The van der Waals surface area contributed by atoms with Gasteiger partial charge in [-0.15, -0.1) is 0 Å². The lowest BCUT2D eigenvalue weighted by Gasteiger charge is -2.56. The van der Waals surface area contributed by atoms with E-state index in [2.05, 4.69) is 22.4 Å². The number of pyridine rings is 1. The van der Waals surface area contributed by atoms with Crippen LogP contribution in [0.15, 0.2) is 48.8 Å². The van der Waals surface area contributed by atoms with Gasteiger partial charge in [0.05, 0.1) is 0 Å². The van der Waals surface area contributed by atoms with Crippen molar-refractivity contribution in [3.63, 3.8) is 0 Å². The Balaban J connectivity index is 1.20. The van der Waals surface area contributed by atoms with Crippen LogP contribution < -0.4 is 5.32 Å². The molecule has 4 fully saturated rings. The van der Waals surface area contributed by atoms with Gasteiger partial charge in [0, 0.05) is 24.5 Å². The van der Waals surface area contributed by atoms with Crippen LogP contribution in [-0.2, 0) is 11.2 Å². The number of anilines is 1. The molecule has 0 radical (unpaired) electrons. The number of aromatic nitrogens is 1. The van der Waals surface area contributed by atoms with E-state index in [1.807, 2.05) is 36.7 Å². The predicted molar refractivity (Wildman–Crippen MR) is 107 cm³/mol. The number of rotatable bonds is 5. The fourth-order valence-electron chi connectivity index (χ4n) is 6.49. The van der Waals surface area contributed by atoms with Crippen molar-refractivity contribution in [1.82, 2.24) is 4.98 Å². The normalized spacial score (nSPS) is 31.0. The minimum absolute atomic E-state index is 0.207. The summed E-state index contributed by atoms with van der Waals surface area (Å²) in [6.07, 6.45) is 13.4. The molecule has 0 spiro atoms. The first kappa shape index (κ1) is 17.0. The summed E-state index contributed by atoms with van der Waals surface area (Å²) in [7, 11) is 0. The van der Waals surface area contributed by atoms with Gasteiger partial charge in [0.25, 0.3) is 0 Å². The fourth-order valence-corrected chi connectivity index (χ4v) is 6.49. The summed E-state index contributed by atoms with van der Waals surface area (Å²) in [5.41, 5.74) is 3.73. The van der Waals surface area contributed by atoms with E-state index in [0.29, 0.717) is 5.41 Å². The van der Waals surface area contributed by atoms with Crippen molar-refractivity contribution in [3.05, 3.63) is 59.9 Å². The van der Waals surface area contributed by atoms with Crippen molar-refractivity contribution in [1.29, 1.82) is 0 Å². The minimum atomic E-state index is 0.207. The van der Waals surface area contributed by atoms with Gasteiger partial charge >= 0.3 is 0 Å². The molecule has 6 rings (SSSR count). The first-order valence-corrected chi connectivity index (χ1v) is 10.4. The van der Waals surface area contributed by atoms with Gasteiger partial charge in [-0.1, -0.05) is 12.1 Å². The molecule has 27 heavy (non-hydrogen) atoms. The molecule has 4 aliphatic carbocycles. The zero-order valence-corrected chi connectivity index (χ0v) is 15.9. The van der Waals surface area contributed by atoms with Crippen LogP contribution in [0.25, 0.3) is 0 Å². The summed E-state index contributed by atoms with van der Waals surface area (Å²) in [5.74, 6) is 2.91. The summed E-state index contributed by atoms with van der Waals surface area (Å²) in [5, 5.41) is 3.16. The van der Waals surface area contributed by atoms with E-state index < -0.39 is 0 Å². The van der Waals surface area contributed by atoms with Crippen molar-refractivity contribution in [3.8, 4) is 0 Å². The lowest BCUT2D eigenvalue weighted by molar-refractivity contribution is -0.124. The Hall–Kier alpha value is -2.16. The number of hydrogen-bond donors (Lipinski definition) is 1. The van der Waals surface area contributed by atoms with Crippen molar-refractivity contribution in [2.45, 2.75) is 51.4 Å². The van der Waals surface area contributed by atoms with Crippen molar-refractivity contribution in [2.24, 2.45) is 23.2 Å². The number of carbonyl (C=O) groups excluding carboxylic acids is 1. The Morgan fingerprint density at radius 2 is 1.44 bits per heavy atom. The van der Waals surface area contributed by atoms with Gasteiger partial charge in [0.15, 0.2) is 0 Å². The number of nitrogens with one attached hydrogen (secondary N) is 1. The molecule has 3 heteroatoms. The molecule has 0 saturated heterocycles. The maximum absolute atomic E-state index is 12.8. The van der Waals surface area contributed by atoms with Crippen LogP contribution in [0.5, 0.6) is 0 Å².